The third-order valence-electron chi connectivity index (χ3n) is 3.94. The Morgan fingerprint density at radius 1 is 1.32 bits per heavy atom. The van der Waals surface area contributed by atoms with Gasteiger partial charge in [-0.1, -0.05) is 61.3 Å². The van der Waals surface area contributed by atoms with Gasteiger partial charge in [0.15, 0.2) is 0 Å². The smallest absolute Gasteiger partial charge is 0.408 e. The Labute approximate surface area is 179 Å². The lowest BCUT2D eigenvalue weighted by Crippen LogP contribution is -2.37. The van der Waals surface area contributed by atoms with E-state index in [1.165, 1.54) is 11.8 Å². The van der Waals surface area contributed by atoms with Gasteiger partial charge >= 0.3 is 6.09 Å². The van der Waals surface area contributed by atoms with Crippen LogP contribution in [0, 0.1) is 5.92 Å². The quantitative estimate of drug-likeness (QED) is 0.505. The van der Waals surface area contributed by atoms with Crippen molar-refractivity contribution in [3.8, 4) is 0 Å². The van der Waals surface area contributed by atoms with Crippen molar-refractivity contribution in [1.29, 1.82) is 0 Å². The van der Waals surface area contributed by atoms with E-state index < -0.39 is 17.7 Å². The summed E-state index contributed by atoms with van der Waals surface area (Å²) in [5.74, 6) is 1.01. The summed E-state index contributed by atoms with van der Waals surface area (Å²) in [6, 6.07) is 4.91. The van der Waals surface area contributed by atoms with Crippen LogP contribution in [-0.4, -0.2) is 21.9 Å². The molecule has 1 heterocycles. The largest absolute Gasteiger partial charge is 0.444 e. The predicted molar refractivity (Wildman–Crippen MR) is 112 cm³/mol. The van der Waals surface area contributed by atoms with Crippen LogP contribution in [0.3, 0.4) is 0 Å². The number of amides is 1. The van der Waals surface area contributed by atoms with Crippen molar-refractivity contribution in [3.63, 3.8) is 0 Å². The maximum atomic E-state index is 12.2. The minimum atomic E-state index is -0.586. The van der Waals surface area contributed by atoms with E-state index in [1.807, 2.05) is 40.7 Å². The van der Waals surface area contributed by atoms with Crippen molar-refractivity contribution in [1.82, 2.24) is 15.5 Å². The molecule has 1 N–H and O–H groups in total. The lowest BCUT2D eigenvalue weighted by molar-refractivity contribution is 0.0474. The molecule has 2 rings (SSSR count). The zero-order valence-corrected chi connectivity index (χ0v) is 18.9. The van der Waals surface area contributed by atoms with Gasteiger partial charge in [-0.2, -0.15) is 0 Å². The number of ether oxygens (including phenoxy) is 1. The first kappa shape index (κ1) is 22.8. The van der Waals surface area contributed by atoms with E-state index in [9.17, 15) is 4.79 Å². The zero-order chi connectivity index (χ0) is 20.9. The lowest BCUT2D eigenvalue weighted by atomic mass is 9.99. The topological polar surface area (TPSA) is 77.2 Å². The Kier molecular flexibility index (Phi) is 8.04. The molecule has 1 amide bonds. The number of halogens is 2. The minimum absolute atomic E-state index is 0.0940. The molecule has 0 saturated heterocycles. The van der Waals surface area contributed by atoms with E-state index in [2.05, 4.69) is 15.5 Å². The van der Waals surface area contributed by atoms with E-state index >= 15 is 0 Å². The predicted octanol–water partition coefficient (Wildman–Crippen LogP) is 6.28. The Bertz CT molecular complexity index is 808. The highest BCUT2D eigenvalue weighted by molar-refractivity contribution is 7.98. The summed E-state index contributed by atoms with van der Waals surface area (Å²) in [4.78, 5) is 12.2. The van der Waals surface area contributed by atoms with Crippen LogP contribution in [0.25, 0.3) is 0 Å². The molecule has 0 aliphatic heterocycles. The fourth-order valence-corrected chi connectivity index (χ4v) is 3.63. The van der Waals surface area contributed by atoms with Crippen LogP contribution in [0.15, 0.2) is 27.8 Å². The highest BCUT2D eigenvalue weighted by Gasteiger charge is 2.28. The second kappa shape index (κ2) is 9.85. The highest BCUT2D eigenvalue weighted by atomic mass is 35.5. The molecule has 0 unspecified atom stereocenters. The summed E-state index contributed by atoms with van der Waals surface area (Å²) in [6.45, 7) is 9.48. The van der Waals surface area contributed by atoms with Crippen molar-refractivity contribution in [3.05, 3.63) is 39.7 Å². The third kappa shape index (κ3) is 6.87. The Balaban J connectivity index is 2.07. The number of benzene rings is 1. The Morgan fingerprint density at radius 2 is 2.04 bits per heavy atom. The van der Waals surface area contributed by atoms with Crippen LogP contribution in [0.5, 0.6) is 0 Å². The first-order chi connectivity index (χ1) is 13.1. The van der Waals surface area contributed by atoms with Gasteiger partial charge < -0.3 is 14.5 Å². The van der Waals surface area contributed by atoms with E-state index in [-0.39, 0.29) is 5.92 Å². The number of rotatable bonds is 7. The van der Waals surface area contributed by atoms with Gasteiger partial charge in [-0.15, -0.1) is 10.2 Å². The average Bonchev–Trinajstić information content (AvgIpc) is 3.05. The summed E-state index contributed by atoms with van der Waals surface area (Å²) in [5, 5.41) is 12.6. The van der Waals surface area contributed by atoms with Crippen LogP contribution in [0.4, 0.5) is 4.79 Å². The van der Waals surface area contributed by atoms with Gasteiger partial charge in [0.25, 0.3) is 5.22 Å². The number of thioether (sulfide) groups is 1. The van der Waals surface area contributed by atoms with E-state index in [4.69, 9.17) is 32.4 Å². The van der Waals surface area contributed by atoms with Gasteiger partial charge in [-0.05, 0) is 44.4 Å². The number of carbonyl (C=O) groups excluding carboxylic acids is 1. The fraction of sp³-hybridized carbons (Fsp3) is 0.526. The number of alkyl carbamates (subject to hydrolysis) is 1. The highest BCUT2D eigenvalue weighted by Crippen LogP contribution is 2.30. The van der Waals surface area contributed by atoms with Crippen LogP contribution >= 0.6 is 35.0 Å². The molecular formula is C19H25Cl2N3O3S. The minimum Gasteiger partial charge on any atom is -0.444 e. The van der Waals surface area contributed by atoms with Gasteiger partial charge in [0.2, 0.25) is 5.89 Å². The van der Waals surface area contributed by atoms with Crippen molar-refractivity contribution in [2.45, 2.75) is 63.7 Å². The Morgan fingerprint density at radius 3 is 2.64 bits per heavy atom. The number of nitrogens with one attached hydrogen (secondary N) is 1. The maximum absolute atomic E-state index is 12.2. The number of carbonyl (C=O) groups is 1. The van der Waals surface area contributed by atoms with Crippen molar-refractivity contribution in [2.75, 3.05) is 0 Å². The van der Waals surface area contributed by atoms with Gasteiger partial charge in [0, 0.05) is 15.8 Å². The fourth-order valence-electron chi connectivity index (χ4n) is 2.30. The number of aromatic nitrogens is 2. The van der Waals surface area contributed by atoms with Gasteiger partial charge in [0.05, 0.1) is 0 Å². The molecule has 0 spiro atoms. The molecule has 1 aromatic carbocycles. The molecule has 0 fully saturated rings. The van der Waals surface area contributed by atoms with Crippen molar-refractivity contribution >= 4 is 41.1 Å². The van der Waals surface area contributed by atoms with Crippen LogP contribution < -0.4 is 5.32 Å². The average molecular weight is 446 g/mol. The number of hydrogen-bond acceptors (Lipinski definition) is 6. The summed E-state index contributed by atoms with van der Waals surface area (Å²) in [6.07, 6.45) is 0.309. The number of nitrogens with zero attached hydrogens (tertiary/aromatic N) is 2. The molecule has 154 valence electrons. The van der Waals surface area contributed by atoms with E-state index in [0.29, 0.717) is 26.9 Å². The summed E-state index contributed by atoms with van der Waals surface area (Å²) >= 11 is 13.5. The second-order valence-corrected chi connectivity index (χ2v) is 9.21. The number of hydrogen-bond donors (Lipinski definition) is 1. The van der Waals surface area contributed by atoms with Gasteiger partial charge in [-0.25, -0.2) is 4.79 Å². The molecule has 0 bridgehead atoms. The van der Waals surface area contributed by atoms with E-state index in [0.717, 1.165) is 12.0 Å². The standard InChI is InChI=1S/C19H25Cl2N3O3S/c1-6-11(2)15(22-17(25)27-19(3,4)5)16-23-24-18(26-16)28-10-12-7-8-13(20)9-14(12)21/h7-9,11,15H,6,10H2,1-5H3,(H,22,25)/t11-,15+/m1/s1. The SMILES string of the molecule is CC[C@@H](C)[C@H](NC(=O)OC(C)(C)C)c1nnc(SCc2ccc(Cl)cc2Cl)o1. The van der Waals surface area contributed by atoms with E-state index in [1.54, 1.807) is 12.1 Å². The normalized spacial score (nSPS) is 13.8. The molecule has 9 heteroatoms. The molecule has 2 atom stereocenters. The van der Waals surface area contributed by atoms with Crippen LogP contribution in [-0.2, 0) is 10.5 Å². The maximum Gasteiger partial charge on any atom is 0.408 e. The van der Waals surface area contributed by atoms with Crippen LogP contribution in [0.2, 0.25) is 10.0 Å². The third-order valence-corrected chi connectivity index (χ3v) is 5.39. The van der Waals surface area contributed by atoms with Crippen molar-refractivity contribution in [2.24, 2.45) is 5.92 Å². The van der Waals surface area contributed by atoms with Crippen molar-refractivity contribution < 1.29 is 13.9 Å². The molecule has 28 heavy (non-hydrogen) atoms. The van der Waals surface area contributed by atoms with Crippen LogP contribution in [0.1, 0.15) is 58.5 Å². The van der Waals surface area contributed by atoms with Gasteiger partial charge in [-0.3, -0.25) is 0 Å². The molecule has 0 aliphatic carbocycles. The molecule has 2 aromatic rings. The second-order valence-electron chi connectivity index (χ2n) is 7.44. The monoisotopic (exact) mass is 445 g/mol. The Hall–Kier alpha value is -1.44. The lowest BCUT2D eigenvalue weighted by Gasteiger charge is -2.24. The first-order valence-electron chi connectivity index (χ1n) is 8.98. The molecule has 0 radical (unpaired) electrons. The molecule has 1 aromatic heterocycles. The molecule has 0 saturated carbocycles. The summed E-state index contributed by atoms with van der Waals surface area (Å²) in [7, 11) is 0. The first-order valence-corrected chi connectivity index (χ1v) is 10.7. The zero-order valence-electron chi connectivity index (χ0n) is 16.6. The van der Waals surface area contributed by atoms with Gasteiger partial charge in [0.1, 0.15) is 11.6 Å². The molecular weight excluding hydrogens is 421 g/mol. The summed E-state index contributed by atoms with van der Waals surface area (Å²) in [5.41, 5.74) is 0.332. The molecule has 0 aliphatic rings. The molecule has 6 nitrogen and oxygen atoms in total. The summed E-state index contributed by atoms with van der Waals surface area (Å²) < 4.78 is 11.1.